The van der Waals surface area contributed by atoms with Crippen LogP contribution in [0.2, 0.25) is 0 Å². The summed E-state index contributed by atoms with van der Waals surface area (Å²) in [5.41, 5.74) is 2.98. The summed E-state index contributed by atoms with van der Waals surface area (Å²) in [7, 11) is 0. The summed E-state index contributed by atoms with van der Waals surface area (Å²) in [6.07, 6.45) is -0.628. The molecule has 1 aromatic heterocycles. The molecular weight excluding hydrogens is 286 g/mol. The van der Waals surface area contributed by atoms with E-state index in [0.29, 0.717) is 0 Å². The molecule has 21 heavy (non-hydrogen) atoms. The van der Waals surface area contributed by atoms with Gasteiger partial charge in [-0.3, -0.25) is 9.36 Å². The van der Waals surface area contributed by atoms with Crippen molar-refractivity contribution in [3.8, 4) is 11.3 Å². The molecule has 5 heteroatoms. The number of aromatic nitrogens is 1. The first kappa shape index (κ1) is 15.9. The number of hydrogen-bond donors (Lipinski definition) is 1. The summed E-state index contributed by atoms with van der Waals surface area (Å²) in [6.45, 7) is 6.33. The summed E-state index contributed by atoms with van der Waals surface area (Å²) in [6, 6.07) is 7.93. The Bertz CT molecular complexity index is 645. The van der Waals surface area contributed by atoms with E-state index in [1.807, 2.05) is 50.4 Å². The van der Waals surface area contributed by atoms with Crippen molar-refractivity contribution in [2.75, 3.05) is 6.61 Å². The van der Waals surface area contributed by atoms with E-state index in [9.17, 15) is 9.90 Å². The summed E-state index contributed by atoms with van der Waals surface area (Å²) in [5, 5.41) is 11.9. The number of aliphatic hydroxyl groups is 1. The van der Waals surface area contributed by atoms with E-state index in [2.05, 4.69) is 0 Å². The van der Waals surface area contributed by atoms with E-state index in [0.717, 1.165) is 28.2 Å². The molecule has 1 unspecified atom stereocenters. The third kappa shape index (κ3) is 4.03. The fraction of sp³-hybridized carbons (Fsp3) is 0.438. The minimum Gasteiger partial charge on any atom is -0.389 e. The highest BCUT2D eigenvalue weighted by atomic mass is 32.1. The number of hydrogen-bond acceptors (Lipinski definition) is 4. The first-order valence-corrected chi connectivity index (χ1v) is 7.91. The summed E-state index contributed by atoms with van der Waals surface area (Å²) >= 11 is 1.16. The second-order valence-corrected chi connectivity index (χ2v) is 6.17. The van der Waals surface area contributed by atoms with E-state index in [1.54, 1.807) is 4.57 Å². The maximum Gasteiger partial charge on any atom is 0.307 e. The lowest BCUT2D eigenvalue weighted by molar-refractivity contribution is -0.000723. The maximum atomic E-state index is 12.0. The van der Waals surface area contributed by atoms with Gasteiger partial charge in [-0.2, -0.15) is 0 Å². The van der Waals surface area contributed by atoms with Gasteiger partial charge in [0, 0.05) is 10.9 Å². The van der Waals surface area contributed by atoms with Crippen molar-refractivity contribution in [3.05, 3.63) is 44.9 Å². The largest absolute Gasteiger partial charge is 0.389 e. The first-order valence-electron chi connectivity index (χ1n) is 7.03. The van der Waals surface area contributed by atoms with Crippen molar-refractivity contribution in [1.82, 2.24) is 4.57 Å². The fourth-order valence-corrected chi connectivity index (χ4v) is 2.91. The van der Waals surface area contributed by atoms with Gasteiger partial charge >= 0.3 is 4.87 Å². The molecule has 0 fully saturated rings. The van der Waals surface area contributed by atoms with E-state index < -0.39 is 6.10 Å². The van der Waals surface area contributed by atoms with Crippen molar-refractivity contribution in [2.24, 2.45) is 0 Å². The van der Waals surface area contributed by atoms with Gasteiger partial charge in [0.15, 0.2) is 0 Å². The van der Waals surface area contributed by atoms with E-state index in [1.165, 1.54) is 0 Å². The first-order chi connectivity index (χ1) is 9.99. The van der Waals surface area contributed by atoms with Crippen LogP contribution < -0.4 is 4.87 Å². The number of rotatable bonds is 6. The number of nitrogens with zero attached hydrogens (tertiary/aromatic N) is 1. The van der Waals surface area contributed by atoms with Crippen LogP contribution in [0.15, 0.2) is 34.4 Å². The Balaban J connectivity index is 2.23. The van der Waals surface area contributed by atoms with E-state index in [-0.39, 0.29) is 24.1 Å². The third-order valence-corrected chi connectivity index (χ3v) is 3.98. The van der Waals surface area contributed by atoms with Crippen molar-refractivity contribution in [2.45, 2.75) is 39.5 Å². The fourth-order valence-electron chi connectivity index (χ4n) is 2.14. The number of ether oxygens (including phenoxy) is 1. The molecular formula is C16H21NO3S. The molecule has 1 aromatic carbocycles. The number of benzene rings is 1. The molecule has 0 spiro atoms. The number of aryl methyl sites for hydroxylation is 1. The van der Waals surface area contributed by atoms with Gasteiger partial charge in [0.25, 0.3) is 0 Å². The molecule has 1 N–H and O–H groups in total. The Morgan fingerprint density at radius 1 is 1.33 bits per heavy atom. The Kier molecular flexibility index (Phi) is 5.33. The molecule has 0 bridgehead atoms. The van der Waals surface area contributed by atoms with Gasteiger partial charge in [-0.25, -0.2) is 0 Å². The molecule has 1 atom stereocenters. The monoisotopic (exact) mass is 307 g/mol. The van der Waals surface area contributed by atoms with Gasteiger partial charge in [0.1, 0.15) is 0 Å². The normalized spacial score (nSPS) is 12.8. The zero-order valence-corrected chi connectivity index (χ0v) is 13.4. The molecule has 0 aliphatic carbocycles. The SMILES string of the molecule is Cc1ccccc1-c1csc(=O)n1CC(O)COC(C)C. The molecule has 1 heterocycles. The van der Waals surface area contributed by atoms with E-state index in [4.69, 9.17) is 4.74 Å². The highest BCUT2D eigenvalue weighted by Gasteiger charge is 2.15. The van der Waals surface area contributed by atoms with Crippen LogP contribution in [0.5, 0.6) is 0 Å². The summed E-state index contributed by atoms with van der Waals surface area (Å²) in [4.78, 5) is 12.0. The topological polar surface area (TPSA) is 51.5 Å². The Hall–Kier alpha value is -1.43. The van der Waals surface area contributed by atoms with Crippen molar-refractivity contribution < 1.29 is 9.84 Å². The quantitative estimate of drug-likeness (QED) is 0.892. The standard InChI is InChI=1S/C16H21NO3S/c1-11(2)20-9-13(18)8-17-15(10-21-16(17)19)14-7-5-4-6-12(14)3/h4-7,10-11,13,18H,8-9H2,1-3H3. The van der Waals surface area contributed by atoms with Crippen LogP contribution in [0.1, 0.15) is 19.4 Å². The van der Waals surface area contributed by atoms with Crippen LogP contribution in [-0.2, 0) is 11.3 Å². The van der Waals surface area contributed by atoms with Gasteiger partial charge in [-0.15, -0.1) is 0 Å². The second kappa shape index (κ2) is 7.02. The van der Waals surface area contributed by atoms with Crippen LogP contribution >= 0.6 is 11.3 Å². The zero-order chi connectivity index (χ0) is 15.4. The van der Waals surface area contributed by atoms with Crippen molar-refractivity contribution in [3.63, 3.8) is 0 Å². The van der Waals surface area contributed by atoms with Crippen molar-refractivity contribution >= 4 is 11.3 Å². The number of aliphatic hydroxyl groups excluding tert-OH is 1. The van der Waals surface area contributed by atoms with Crippen molar-refractivity contribution in [1.29, 1.82) is 0 Å². The molecule has 0 saturated carbocycles. The van der Waals surface area contributed by atoms with Gasteiger partial charge in [0.2, 0.25) is 0 Å². The summed E-state index contributed by atoms with van der Waals surface area (Å²) in [5.74, 6) is 0. The van der Waals surface area contributed by atoms with Gasteiger partial charge in [-0.05, 0) is 26.3 Å². The minimum atomic E-state index is -0.692. The zero-order valence-electron chi connectivity index (χ0n) is 12.6. The molecule has 0 radical (unpaired) electrons. The highest BCUT2D eigenvalue weighted by molar-refractivity contribution is 7.07. The molecule has 4 nitrogen and oxygen atoms in total. The second-order valence-electron chi connectivity index (χ2n) is 5.35. The van der Waals surface area contributed by atoms with Crippen LogP contribution in [0.3, 0.4) is 0 Å². The Morgan fingerprint density at radius 3 is 2.71 bits per heavy atom. The van der Waals surface area contributed by atoms with Gasteiger partial charge in [-0.1, -0.05) is 35.6 Å². The average molecular weight is 307 g/mol. The highest BCUT2D eigenvalue weighted by Crippen LogP contribution is 2.23. The molecule has 114 valence electrons. The van der Waals surface area contributed by atoms with Gasteiger partial charge < -0.3 is 9.84 Å². The van der Waals surface area contributed by atoms with Crippen LogP contribution in [-0.4, -0.2) is 28.5 Å². The van der Waals surface area contributed by atoms with E-state index >= 15 is 0 Å². The Morgan fingerprint density at radius 2 is 2.05 bits per heavy atom. The van der Waals surface area contributed by atoms with Gasteiger partial charge in [0.05, 0.1) is 31.1 Å². The van der Waals surface area contributed by atoms with Crippen LogP contribution in [0, 0.1) is 6.92 Å². The molecule has 2 aromatic rings. The minimum absolute atomic E-state index is 0.0585. The lowest BCUT2D eigenvalue weighted by Crippen LogP contribution is -2.28. The lowest BCUT2D eigenvalue weighted by atomic mass is 10.1. The molecule has 0 aliphatic heterocycles. The van der Waals surface area contributed by atoms with Crippen LogP contribution in [0.4, 0.5) is 0 Å². The Labute approximate surface area is 128 Å². The molecule has 2 rings (SSSR count). The predicted molar refractivity (Wildman–Crippen MR) is 85.8 cm³/mol. The smallest absolute Gasteiger partial charge is 0.307 e. The summed E-state index contributed by atoms with van der Waals surface area (Å²) < 4.78 is 7.03. The molecule has 0 aliphatic rings. The predicted octanol–water partition coefficient (Wildman–Crippen LogP) is 2.67. The molecule has 0 amide bonds. The number of thiazole rings is 1. The third-order valence-electron chi connectivity index (χ3n) is 3.22. The lowest BCUT2D eigenvalue weighted by Gasteiger charge is -2.16. The van der Waals surface area contributed by atoms with Crippen LogP contribution in [0.25, 0.3) is 11.3 Å². The molecule has 0 saturated heterocycles. The average Bonchev–Trinajstić information content (AvgIpc) is 2.79. The maximum absolute atomic E-state index is 12.0.